The van der Waals surface area contributed by atoms with Crippen molar-refractivity contribution in [3.8, 4) is 5.75 Å². The second-order valence-electron chi connectivity index (χ2n) is 6.70. The first-order chi connectivity index (χ1) is 14.1. The van der Waals surface area contributed by atoms with E-state index in [0.29, 0.717) is 19.1 Å². The molecule has 2 N–H and O–H groups in total. The van der Waals surface area contributed by atoms with Crippen molar-refractivity contribution in [1.29, 1.82) is 0 Å². The zero-order valence-corrected chi connectivity index (χ0v) is 17.2. The molecule has 6 nitrogen and oxygen atoms in total. The predicted octanol–water partition coefficient (Wildman–Crippen LogP) is 3.64. The minimum absolute atomic E-state index is 0.279. The summed E-state index contributed by atoms with van der Waals surface area (Å²) < 4.78 is 21.4. The van der Waals surface area contributed by atoms with E-state index in [1.54, 1.807) is 13.1 Å². The van der Waals surface area contributed by atoms with Crippen LogP contribution in [0.15, 0.2) is 47.5 Å². The van der Waals surface area contributed by atoms with E-state index < -0.39 is 0 Å². The molecule has 3 aromatic rings. The van der Waals surface area contributed by atoms with E-state index in [2.05, 4.69) is 31.2 Å². The number of halogens is 1. The second-order valence-corrected chi connectivity index (χ2v) is 6.70. The molecule has 1 heterocycles. The van der Waals surface area contributed by atoms with Crippen LogP contribution in [0.3, 0.4) is 0 Å². The van der Waals surface area contributed by atoms with Crippen LogP contribution < -0.4 is 15.4 Å². The maximum Gasteiger partial charge on any atom is 0.191 e. The zero-order valence-electron chi connectivity index (χ0n) is 17.2. The standard InChI is InChI=1S/C22H28FN5O/c1-4-29-21-11-10-17(14-18(21)23)15-26-22(24-3)25-12-7-13-28-16(2)27-19-8-5-6-9-20(19)28/h5-6,8-11,14H,4,7,12-13,15H2,1-3H3,(H2,24,25,26). The number of hydrogen-bond acceptors (Lipinski definition) is 3. The third-order valence-corrected chi connectivity index (χ3v) is 4.68. The molecule has 0 atom stereocenters. The highest BCUT2D eigenvalue weighted by molar-refractivity contribution is 5.79. The number of fused-ring (bicyclic) bond motifs is 1. The van der Waals surface area contributed by atoms with Gasteiger partial charge in [0.15, 0.2) is 17.5 Å². The Labute approximate surface area is 170 Å². The molecule has 0 radical (unpaired) electrons. The number of hydrogen-bond donors (Lipinski definition) is 2. The number of nitrogens with one attached hydrogen (secondary N) is 2. The Kier molecular flexibility index (Phi) is 7.05. The smallest absolute Gasteiger partial charge is 0.191 e. The molecule has 0 amide bonds. The monoisotopic (exact) mass is 397 g/mol. The van der Waals surface area contributed by atoms with Gasteiger partial charge < -0.3 is 19.9 Å². The summed E-state index contributed by atoms with van der Waals surface area (Å²) in [4.78, 5) is 8.83. The third-order valence-electron chi connectivity index (χ3n) is 4.68. The van der Waals surface area contributed by atoms with Crippen LogP contribution in [0, 0.1) is 12.7 Å². The van der Waals surface area contributed by atoms with E-state index in [1.807, 2.05) is 38.1 Å². The highest BCUT2D eigenvalue weighted by Crippen LogP contribution is 2.18. The van der Waals surface area contributed by atoms with Gasteiger partial charge in [0.2, 0.25) is 0 Å². The number of rotatable bonds is 8. The summed E-state index contributed by atoms with van der Waals surface area (Å²) in [5, 5.41) is 6.51. The average Bonchev–Trinajstić information content (AvgIpc) is 3.04. The van der Waals surface area contributed by atoms with Gasteiger partial charge in [-0.15, -0.1) is 0 Å². The summed E-state index contributed by atoms with van der Waals surface area (Å²) in [6, 6.07) is 13.2. The van der Waals surface area contributed by atoms with Crippen molar-refractivity contribution in [1.82, 2.24) is 20.2 Å². The Hall–Kier alpha value is -3.09. The van der Waals surface area contributed by atoms with E-state index in [-0.39, 0.29) is 11.6 Å². The molecule has 3 rings (SSSR count). The Morgan fingerprint density at radius 2 is 2.03 bits per heavy atom. The van der Waals surface area contributed by atoms with Crippen LogP contribution in [-0.4, -0.2) is 35.7 Å². The van der Waals surface area contributed by atoms with Crippen LogP contribution in [0.1, 0.15) is 24.7 Å². The maximum atomic E-state index is 14.0. The number of guanidine groups is 1. The number of aliphatic imine (C=N–C) groups is 1. The van der Waals surface area contributed by atoms with Gasteiger partial charge in [0.05, 0.1) is 17.6 Å². The first kappa shape index (κ1) is 20.6. The molecule has 1 aromatic heterocycles. The summed E-state index contributed by atoms with van der Waals surface area (Å²) >= 11 is 0. The fourth-order valence-corrected chi connectivity index (χ4v) is 3.26. The molecular weight excluding hydrogens is 369 g/mol. The van der Waals surface area contributed by atoms with E-state index in [4.69, 9.17) is 4.74 Å². The highest BCUT2D eigenvalue weighted by Gasteiger charge is 2.07. The SMILES string of the molecule is CCOc1ccc(CNC(=NC)NCCCn2c(C)nc3ccccc32)cc1F. The Bertz CT molecular complexity index is 982. The minimum atomic E-state index is -0.350. The van der Waals surface area contributed by atoms with Crippen molar-refractivity contribution in [3.63, 3.8) is 0 Å². The first-order valence-electron chi connectivity index (χ1n) is 9.90. The van der Waals surface area contributed by atoms with Crippen molar-refractivity contribution in [2.45, 2.75) is 33.4 Å². The number of para-hydroxylation sites is 2. The van der Waals surface area contributed by atoms with Crippen LogP contribution in [0.4, 0.5) is 4.39 Å². The molecular formula is C22H28FN5O. The number of benzene rings is 2. The number of aryl methyl sites for hydroxylation is 2. The molecule has 0 bridgehead atoms. The van der Waals surface area contributed by atoms with Gasteiger partial charge in [-0.1, -0.05) is 18.2 Å². The van der Waals surface area contributed by atoms with Crippen LogP contribution in [0.5, 0.6) is 5.75 Å². The summed E-state index contributed by atoms with van der Waals surface area (Å²) in [6.45, 7) is 6.43. The highest BCUT2D eigenvalue weighted by atomic mass is 19.1. The van der Waals surface area contributed by atoms with Crippen molar-refractivity contribution in [2.75, 3.05) is 20.2 Å². The van der Waals surface area contributed by atoms with Gasteiger partial charge in [-0.05, 0) is 50.1 Å². The summed E-state index contributed by atoms with van der Waals surface area (Å²) in [5.74, 6) is 1.64. The predicted molar refractivity (Wildman–Crippen MR) is 115 cm³/mol. The molecule has 2 aromatic carbocycles. The zero-order chi connectivity index (χ0) is 20.6. The first-order valence-corrected chi connectivity index (χ1v) is 9.90. The normalized spacial score (nSPS) is 11.7. The maximum absolute atomic E-state index is 14.0. The second kappa shape index (κ2) is 9.91. The molecule has 29 heavy (non-hydrogen) atoms. The summed E-state index contributed by atoms with van der Waals surface area (Å²) in [6.07, 6.45) is 0.930. The lowest BCUT2D eigenvalue weighted by atomic mass is 10.2. The van der Waals surface area contributed by atoms with Crippen LogP contribution >= 0.6 is 0 Å². The largest absolute Gasteiger partial charge is 0.491 e. The van der Waals surface area contributed by atoms with Gasteiger partial charge in [-0.2, -0.15) is 0 Å². The quantitative estimate of drug-likeness (QED) is 0.346. The third kappa shape index (κ3) is 5.25. The summed E-state index contributed by atoms with van der Waals surface area (Å²) in [5.41, 5.74) is 3.01. The van der Waals surface area contributed by atoms with E-state index in [1.165, 1.54) is 6.07 Å². The van der Waals surface area contributed by atoms with E-state index >= 15 is 0 Å². The lowest BCUT2D eigenvalue weighted by Gasteiger charge is -2.13. The molecule has 154 valence electrons. The lowest BCUT2D eigenvalue weighted by molar-refractivity contribution is 0.321. The van der Waals surface area contributed by atoms with Gasteiger partial charge in [-0.3, -0.25) is 4.99 Å². The molecule has 0 unspecified atom stereocenters. The number of ether oxygens (including phenoxy) is 1. The molecule has 0 aliphatic heterocycles. The molecule has 0 fully saturated rings. The average molecular weight is 397 g/mol. The van der Waals surface area contributed by atoms with Crippen LogP contribution in [0.2, 0.25) is 0 Å². The molecule has 0 saturated heterocycles. The summed E-state index contributed by atoms with van der Waals surface area (Å²) in [7, 11) is 1.72. The topological polar surface area (TPSA) is 63.5 Å². The molecule has 0 aliphatic carbocycles. The minimum Gasteiger partial charge on any atom is -0.491 e. The van der Waals surface area contributed by atoms with Gasteiger partial charge in [0.1, 0.15) is 5.82 Å². The van der Waals surface area contributed by atoms with Crippen molar-refractivity contribution in [3.05, 3.63) is 59.7 Å². The van der Waals surface area contributed by atoms with Crippen LogP contribution in [-0.2, 0) is 13.1 Å². The van der Waals surface area contributed by atoms with Gasteiger partial charge >= 0.3 is 0 Å². The Balaban J connectivity index is 1.47. The molecule has 0 spiro atoms. The van der Waals surface area contributed by atoms with E-state index in [9.17, 15) is 4.39 Å². The number of imidazole rings is 1. The fourth-order valence-electron chi connectivity index (χ4n) is 3.26. The van der Waals surface area contributed by atoms with Gasteiger partial charge in [0.25, 0.3) is 0 Å². The molecule has 0 aliphatic rings. The van der Waals surface area contributed by atoms with Crippen molar-refractivity contribution >= 4 is 17.0 Å². The Morgan fingerprint density at radius 3 is 2.79 bits per heavy atom. The van der Waals surface area contributed by atoms with Gasteiger partial charge in [-0.25, -0.2) is 9.37 Å². The van der Waals surface area contributed by atoms with Gasteiger partial charge in [0, 0.05) is 26.7 Å². The molecule has 0 saturated carbocycles. The molecule has 7 heteroatoms. The lowest BCUT2D eigenvalue weighted by Crippen LogP contribution is -2.37. The van der Waals surface area contributed by atoms with Crippen molar-refractivity contribution in [2.24, 2.45) is 4.99 Å². The van der Waals surface area contributed by atoms with E-state index in [0.717, 1.165) is 41.9 Å². The number of aromatic nitrogens is 2. The van der Waals surface area contributed by atoms with Crippen molar-refractivity contribution < 1.29 is 9.13 Å². The Morgan fingerprint density at radius 1 is 1.21 bits per heavy atom. The number of nitrogens with zero attached hydrogens (tertiary/aromatic N) is 3. The fraction of sp³-hybridized carbons (Fsp3) is 0.364. The van der Waals surface area contributed by atoms with Crippen LogP contribution in [0.25, 0.3) is 11.0 Å².